The summed E-state index contributed by atoms with van der Waals surface area (Å²) in [4.78, 5) is 23.2. The molecule has 0 atom stereocenters. The van der Waals surface area contributed by atoms with Crippen LogP contribution in [0, 0.1) is 5.92 Å². The fraction of sp³-hybridized carbons (Fsp3) is 0.636. The molecule has 3 rings (SSSR count). The van der Waals surface area contributed by atoms with Crippen LogP contribution in [0.1, 0.15) is 19.3 Å². The molecule has 0 bridgehead atoms. The van der Waals surface area contributed by atoms with Crippen LogP contribution in [0.4, 0.5) is 5.69 Å². The number of piperazine rings is 1. The highest BCUT2D eigenvalue weighted by Crippen LogP contribution is 2.26. The van der Waals surface area contributed by atoms with Crippen LogP contribution in [0.2, 0.25) is 5.02 Å². The van der Waals surface area contributed by atoms with Crippen molar-refractivity contribution in [3.05, 3.63) is 29.3 Å². The third-order valence-electron chi connectivity index (χ3n) is 6.04. The molecule has 1 N–H and O–H groups in total. The largest absolute Gasteiger partial charge is 0.469 e. The highest BCUT2D eigenvalue weighted by Gasteiger charge is 2.27. The predicted octanol–water partition coefficient (Wildman–Crippen LogP) is 2.93. The van der Waals surface area contributed by atoms with Gasteiger partial charge in [0.05, 0.1) is 23.7 Å². The first-order valence-electron chi connectivity index (χ1n) is 10.9. The molecule has 0 unspecified atom stereocenters. The molecule has 7 nitrogen and oxygen atoms in total. The first kappa shape index (κ1) is 26.0. The zero-order valence-corrected chi connectivity index (χ0v) is 21.6. The van der Waals surface area contributed by atoms with Crippen molar-refractivity contribution in [1.82, 2.24) is 15.1 Å². The van der Waals surface area contributed by atoms with Gasteiger partial charge in [-0.25, -0.2) is 0 Å². The lowest BCUT2D eigenvalue weighted by molar-refractivity contribution is -0.146. The van der Waals surface area contributed by atoms with Crippen LogP contribution in [-0.4, -0.2) is 88.2 Å². The Bertz CT molecular complexity index is 720. The minimum atomic E-state index is -0.0905. The molecule has 0 spiro atoms. The second-order valence-electron chi connectivity index (χ2n) is 7.89. The van der Waals surface area contributed by atoms with Crippen LogP contribution in [0.5, 0.6) is 0 Å². The van der Waals surface area contributed by atoms with Crippen LogP contribution < -0.4 is 10.2 Å². The van der Waals surface area contributed by atoms with Crippen LogP contribution in [-0.2, 0) is 9.53 Å². The van der Waals surface area contributed by atoms with E-state index in [1.165, 1.54) is 7.11 Å². The van der Waals surface area contributed by atoms with E-state index in [0.29, 0.717) is 0 Å². The number of para-hydroxylation sites is 1. The van der Waals surface area contributed by atoms with E-state index in [1.807, 2.05) is 25.2 Å². The van der Waals surface area contributed by atoms with Gasteiger partial charge >= 0.3 is 5.97 Å². The van der Waals surface area contributed by atoms with Gasteiger partial charge in [0.1, 0.15) is 0 Å². The number of hydrogen-bond acceptors (Lipinski definition) is 5. The van der Waals surface area contributed by atoms with Gasteiger partial charge in [-0.15, -0.1) is 24.0 Å². The van der Waals surface area contributed by atoms with Gasteiger partial charge in [-0.2, -0.15) is 0 Å². The van der Waals surface area contributed by atoms with Crippen molar-refractivity contribution in [2.24, 2.45) is 10.9 Å². The van der Waals surface area contributed by atoms with Crippen LogP contribution in [0.3, 0.4) is 0 Å². The number of benzene rings is 1. The molecule has 2 aliphatic rings. The van der Waals surface area contributed by atoms with Gasteiger partial charge in [-0.3, -0.25) is 14.7 Å². The van der Waals surface area contributed by atoms with Gasteiger partial charge in [0, 0.05) is 52.9 Å². The number of carbonyl (C=O) groups excluding carboxylic acids is 1. The molecule has 2 fully saturated rings. The molecular weight excluding hydrogens is 529 g/mol. The number of aliphatic imine (C=N–C) groups is 1. The molecule has 0 amide bonds. The monoisotopic (exact) mass is 563 g/mol. The number of hydrogen-bond donors (Lipinski definition) is 1. The summed E-state index contributed by atoms with van der Waals surface area (Å²) in [6.45, 7) is 7.77. The summed E-state index contributed by atoms with van der Waals surface area (Å²) in [6.07, 6.45) is 2.72. The minimum Gasteiger partial charge on any atom is -0.469 e. The Balaban J connectivity index is 0.00000341. The fourth-order valence-corrected chi connectivity index (χ4v) is 4.50. The Morgan fingerprint density at radius 1 is 1.16 bits per heavy atom. The smallest absolute Gasteiger partial charge is 0.308 e. The predicted molar refractivity (Wildman–Crippen MR) is 138 cm³/mol. The van der Waals surface area contributed by atoms with Crippen molar-refractivity contribution < 1.29 is 9.53 Å². The molecule has 0 aliphatic carbocycles. The Labute approximate surface area is 208 Å². The quantitative estimate of drug-likeness (QED) is 0.189. The number of nitrogens with one attached hydrogen (secondary N) is 1. The van der Waals surface area contributed by atoms with Crippen molar-refractivity contribution >= 4 is 53.2 Å². The zero-order valence-electron chi connectivity index (χ0n) is 18.6. The maximum Gasteiger partial charge on any atom is 0.308 e. The summed E-state index contributed by atoms with van der Waals surface area (Å²) < 4.78 is 4.87. The summed E-state index contributed by atoms with van der Waals surface area (Å²) in [5.74, 6) is 0.864. The van der Waals surface area contributed by atoms with Gasteiger partial charge in [-0.1, -0.05) is 23.7 Å². The summed E-state index contributed by atoms with van der Waals surface area (Å²) in [7, 11) is 3.29. The molecular formula is C22H35ClIN5O2. The Hall–Kier alpha value is -1.26. The lowest BCUT2D eigenvalue weighted by Crippen LogP contribution is -2.48. The molecule has 2 saturated heterocycles. The normalized spacial score (nSPS) is 18.5. The third-order valence-corrected chi connectivity index (χ3v) is 6.36. The summed E-state index contributed by atoms with van der Waals surface area (Å²) in [5.41, 5.74) is 1.14. The van der Waals surface area contributed by atoms with E-state index in [4.69, 9.17) is 16.3 Å². The number of likely N-dealkylation sites (tertiary alicyclic amines) is 1. The van der Waals surface area contributed by atoms with E-state index in [-0.39, 0.29) is 35.9 Å². The molecule has 1 aromatic carbocycles. The topological polar surface area (TPSA) is 60.4 Å². The molecule has 9 heteroatoms. The second kappa shape index (κ2) is 13.3. The summed E-state index contributed by atoms with van der Waals surface area (Å²) in [6, 6.07) is 8.08. The standard InChI is InChI=1S/C22H34ClN5O2.HI/c1-24-22(28-12-8-18(9-13-28)21(29)30-2)25-10-5-11-26-14-16-27(17-15-26)20-7-4-3-6-19(20)23;/h3-4,6-7,18H,5,8-17H2,1-2H3,(H,24,25);1H. The van der Waals surface area contributed by atoms with E-state index in [2.05, 4.69) is 31.1 Å². The van der Waals surface area contributed by atoms with Crippen molar-refractivity contribution in [2.45, 2.75) is 19.3 Å². The Morgan fingerprint density at radius 3 is 2.45 bits per heavy atom. The molecule has 31 heavy (non-hydrogen) atoms. The number of piperidine rings is 1. The molecule has 2 aliphatic heterocycles. The van der Waals surface area contributed by atoms with Crippen molar-refractivity contribution in [2.75, 3.05) is 71.4 Å². The van der Waals surface area contributed by atoms with Gasteiger partial charge in [-0.05, 0) is 37.9 Å². The number of nitrogens with zero attached hydrogens (tertiary/aromatic N) is 4. The Morgan fingerprint density at radius 2 is 1.84 bits per heavy atom. The van der Waals surface area contributed by atoms with Gasteiger partial charge in [0.15, 0.2) is 5.96 Å². The average molecular weight is 564 g/mol. The highest BCUT2D eigenvalue weighted by atomic mass is 127. The number of anilines is 1. The van der Waals surface area contributed by atoms with Gasteiger partial charge < -0.3 is 19.9 Å². The molecule has 174 valence electrons. The SMILES string of the molecule is CN=C(NCCCN1CCN(c2ccccc2Cl)CC1)N1CCC(C(=O)OC)CC1.I. The van der Waals surface area contributed by atoms with Gasteiger partial charge in [0.25, 0.3) is 0 Å². The summed E-state index contributed by atoms with van der Waals surface area (Å²) in [5, 5.41) is 4.31. The second-order valence-corrected chi connectivity index (χ2v) is 8.30. The molecule has 0 aromatic heterocycles. The lowest BCUT2D eigenvalue weighted by atomic mass is 9.97. The number of methoxy groups -OCH3 is 1. The first-order valence-corrected chi connectivity index (χ1v) is 11.3. The number of rotatable bonds is 6. The number of halogens is 2. The van der Waals surface area contributed by atoms with Crippen LogP contribution in [0.25, 0.3) is 0 Å². The van der Waals surface area contributed by atoms with Crippen molar-refractivity contribution in [1.29, 1.82) is 0 Å². The van der Waals surface area contributed by atoms with E-state index in [9.17, 15) is 4.79 Å². The number of ether oxygens (including phenoxy) is 1. The third kappa shape index (κ3) is 7.39. The number of esters is 1. The maximum absolute atomic E-state index is 11.7. The molecule has 0 radical (unpaired) electrons. The van der Waals surface area contributed by atoms with E-state index in [0.717, 1.165) is 88.3 Å². The van der Waals surface area contributed by atoms with E-state index >= 15 is 0 Å². The highest BCUT2D eigenvalue weighted by molar-refractivity contribution is 14.0. The zero-order chi connectivity index (χ0) is 21.3. The fourth-order valence-electron chi connectivity index (χ4n) is 4.25. The molecule has 1 aromatic rings. The number of carbonyl (C=O) groups is 1. The van der Waals surface area contributed by atoms with E-state index < -0.39 is 0 Å². The van der Waals surface area contributed by atoms with Crippen molar-refractivity contribution in [3.63, 3.8) is 0 Å². The first-order chi connectivity index (χ1) is 14.6. The lowest BCUT2D eigenvalue weighted by Gasteiger charge is -2.36. The average Bonchev–Trinajstić information content (AvgIpc) is 2.79. The van der Waals surface area contributed by atoms with E-state index in [1.54, 1.807) is 0 Å². The van der Waals surface area contributed by atoms with Crippen LogP contribution >= 0.6 is 35.6 Å². The van der Waals surface area contributed by atoms with Gasteiger partial charge in [0.2, 0.25) is 0 Å². The Kier molecular flexibility index (Phi) is 11.2. The molecule has 0 saturated carbocycles. The number of guanidine groups is 1. The summed E-state index contributed by atoms with van der Waals surface area (Å²) >= 11 is 6.33. The maximum atomic E-state index is 11.7. The van der Waals surface area contributed by atoms with Crippen LogP contribution in [0.15, 0.2) is 29.3 Å². The van der Waals surface area contributed by atoms with Crippen molar-refractivity contribution in [3.8, 4) is 0 Å². The minimum absolute atomic E-state index is 0. The molecule has 2 heterocycles.